The monoisotopic (exact) mass is 377 g/mol. The highest BCUT2D eigenvalue weighted by atomic mass is 16.2. The summed E-state index contributed by atoms with van der Waals surface area (Å²) in [6, 6.07) is 11.6. The first-order valence-electron chi connectivity index (χ1n) is 9.51. The van der Waals surface area contributed by atoms with Gasteiger partial charge in [0.15, 0.2) is 0 Å². The Kier molecular flexibility index (Phi) is 4.63. The Morgan fingerprint density at radius 1 is 1.00 bits per heavy atom. The standard InChI is InChI=1S/C22H23N3O3/c1-14-10-11-15(2)25(14)17-7-5-6-16(12-17)23-20(26)13-24-21(27)18-8-3-4-9-19(18)22(24)28/h3-7,10-12,18-19H,8-9,13H2,1-2H3,(H,23,26)/t18-,19-/m1/s1. The Morgan fingerprint density at radius 3 is 2.21 bits per heavy atom. The van der Waals surface area contributed by atoms with Gasteiger partial charge in [0.2, 0.25) is 17.7 Å². The van der Waals surface area contributed by atoms with Gasteiger partial charge in [0.25, 0.3) is 0 Å². The zero-order valence-corrected chi connectivity index (χ0v) is 16.0. The minimum Gasteiger partial charge on any atom is -0.324 e. The van der Waals surface area contributed by atoms with E-state index in [9.17, 15) is 14.4 Å². The lowest BCUT2D eigenvalue weighted by Crippen LogP contribution is -2.38. The van der Waals surface area contributed by atoms with E-state index < -0.39 is 0 Å². The average Bonchev–Trinajstić information content (AvgIpc) is 3.14. The number of fused-ring (bicyclic) bond motifs is 1. The fourth-order valence-electron chi connectivity index (χ4n) is 4.17. The maximum atomic E-state index is 12.5. The lowest BCUT2D eigenvalue weighted by molar-refractivity contribution is -0.142. The van der Waals surface area contributed by atoms with E-state index in [4.69, 9.17) is 0 Å². The van der Waals surface area contributed by atoms with Gasteiger partial charge in [-0.25, -0.2) is 0 Å². The molecule has 4 rings (SSSR count). The van der Waals surface area contributed by atoms with Crippen LogP contribution in [0.3, 0.4) is 0 Å². The predicted octanol–water partition coefficient (Wildman–Crippen LogP) is 2.98. The van der Waals surface area contributed by atoms with E-state index in [-0.39, 0.29) is 36.1 Å². The molecule has 1 aromatic heterocycles. The van der Waals surface area contributed by atoms with Gasteiger partial charge in [0.05, 0.1) is 11.8 Å². The number of hydrogen-bond donors (Lipinski definition) is 1. The summed E-state index contributed by atoms with van der Waals surface area (Å²) in [5, 5.41) is 2.82. The van der Waals surface area contributed by atoms with Gasteiger partial charge in [-0.05, 0) is 57.0 Å². The van der Waals surface area contributed by atoms with Crippen LogP contribution in [0.2, 0.25) is 0 Å². The van der Waals surface area contributed by atoms with Crippen molar-refractivity contribution < 1.29 is 14.4 Å². The van der Waals surface area contributed by atoms with E-state index in [2.05, 4.69) is 9.88 Å². The van der Waals surface area contributed by atoms with Crippen molar-refractivity contribution in [3.63, 3.8) is 0 Å². The topological polar surface area (TPSA) is 71.4 Å². The van der Waals surface area contributed by atoms with Crippen molar-refractivity contribution in [3.05, 3.63) is 59.9 Å². The number of carbonyl (C=O) groups excluding carboxylic acids is 3. The van der Waals surface area contributed by atoms with Gasteiger partial charge in [-0.3, -0.25) is 19.3 Å². The molecule has 0 bridgehead atoms. The number of anilines is 1. The number of likely N-dealkylation sites (tertiary alicyclic amines) is 1. The van der Waals surface area contributed by atoms with Crippen molar-refractivity contribution in [2.24, 2.45) is 11.8 Å². The van der Waals surface area contributed by atoms with Crippen molar-refractivity contribution in [2.75, 3.05) is 11.9 Å². The van der Waals surface area contributed by atoms with Crippen molar-refractivity contribution in [1.82, 2.24) is 9.47 Å². The maximum Gasteiger partial charge on any atom is 0.244 e. The molecule has 2 aliphatic rings. The molecule has 1 saturated heterocycles. The van der Waals surface area contributed by atoms with Gasteiger partial charge in [-0.15, -0.1) is 0 Å². The Balaban J connectivity index is 1.47. The number of allylic oxidation sites excluding steroid dienone is 2. The maximum absolute atomic E-state index is 12.5. The van der Waals surface area contributed by atoms with Crippen LogP contribution in [0.15, 0.2) is 48.6 Å². The molecule has 2 heterocycles. The van der Waals surface area contributed by atoms with Crippen LogP contribution in [0.25, 0.3) is 5.69 Å². The highest BCUT2D eigenvalue weighted by Crippen LogP contribution is 2.34. The van der Waals surface area contributed by atoms with Crippen LogP contribution in [0.1, 0.15) is 24.2 Å². The van der Waals surface area contributed by atoms with E-state index in [1.165, 1.54) is 0 Å². The zero-order chi connectivity index (χ0) is 19.8. The number of nitrogens with zero attached hydrogens (tertiary/aromatic N) is 2. The second-order valence-corrected chi connectivity index (χ2v) is 7.47. The fraction of sp³-hybridized carbons (Fsp3) is 0.318. The molecule has 2 aromatic rings. The molecular formula is C22H23N3O3. The van der Waals surface area contributed by atoms with Crippen LogP contribution in [0.5, 0.6) is 0 Å². The third-order valence-electron chi connectivity index (χ3n) is 5.56. The molecule has 1 aliphatic heterocycles. The molecule has 28 heavy (non-hydrogen) atoms. The lowest BCUT2D eigenvalue weighted by atomic mass is 9.85. The van der Waals surface area contributed by atoms with E-state index in [1.807, 2.05) is 56.3 Å². The minimum absolute atomic E-state index is 0.234. The molecule has 6 heteroatoms. The molecule has 6 nitrogen and oxygen atoms in total. The molecule has 3 amide bonds. The molecule has 0 radical (unpaired) electrons. The summed E-state index contributed by atoms with van der Waals surface area (Å²) in [5.41, 5.74) is 3.78. The van der Waals surface area contributed by atoms with Crippen LogP contribution in [-0.2, 0) is 14.4 Å². The molecule has 1 aromatic carbocycles. The molecule has 0 saturated carbocycles. The van der Waals surface area contributed by atoms with E-state index in [0.29, 0.717) is 18.5 Å². The van der Waals surface area contributed by atoms with E-state index in [1.54, 1.807) is 6.07 Å². The van der Waals surface area contributed by atoms with Gasteiger partial charge in [0, 0.05) is 22.8 Å². The average molecular weight is 377 g/mol. The number of imide groups is 1. The molecular weight excluding hydrogens is 354 g/mol. The number of hydrogen-bond acceptors (Lipinski definition) is 3. The number of aromatic nitrogens is 1. The smallest absolute Gasteiger partial charge is 0.244 e. The predicted molar refractivity (Wildman–Crippen MR) is 106 cm³/mol. The largest absolute Gasteiger partial charge is 0.324 e. The third kappa shape index (κ3) is 3.15. The lowest BCUT2D eigenvalue weighted by Gasteiger charge is -2.15. The number of amides is 3. The quantitative estimate of drug-likeness (QED) is 0.658. The SMILES string of the molecule is Cc1ccc(C)n1-c1cccc(NC(=O)CN2C(=O)[C@@H]3CC=CC[C@H]3C2=O)c1. The zero-order valence-electron chi connectivity index (χ0n) is 16.0. The van der Waals surface area contributed by atoms with Gasteiger partial charge >= 0.3 is 0 Å². The summed E-state index contributed by atoms with van der Waals surface area (Å²) in [6.45, 7) is 3.81. The summed E-state index contributed by atoms with van der Waals surface area (Å²) in [7, 11) is 0. The molecule has 0 spiro atoms. The number of rotatable bonds is 4. The second-order valence-electron chi connectivity index (χ2n) is 7.47. The minimum atomic E-state index is -0.369. The van der Waals surface area contributed by atoms with E-state index in [0.717, 1.165) is 22.0 Å². The first kappa shape index (κ1) is 18.2. The first-order valence-corrected chi connectivity index (χ1v) is 9.51. The number of carbonyl (C=O) groups is 3. The molecule has 1 aliphatic carbocycles. The van der Waals surface area contributed by atoms with Crippen molar-refractivity contribution in [1.29, 1.82) is 0 Å². The highest BCUT2D eigenvalue weighted by Gasteiger charge is 2.47. The third-order valence-corrected chi connectivity index (χ3v) is 5.56. The van der Waals surface area contributed by atoms with Gasteiger partial charge in [-0.2, -0.15) is 0 Å². The van der Waals surface area contributed by atoms with Crippen molar-refractivity contribution in [3.8, 4) is 5.69 Å². The van der Waals surface area contributed by atoms with E-state index >= 15 is 0 Å². The van der Waals surface area contributed by atoms with Crippen LogP contribution in [0.4, 0.5) is 5.69 Å². The van der Waals surface area contributed by atoms with Crippen LogP contribution >= 0.6 is 0 Å². The molecule has 1 fully saturated rings. The van der Waals surface area contributed by atoms with Gasteiger partial charge < -0.3 is 9.88 Å². The van der Waals surface area contributed by atoms with Crippen LogP contribution < -0.4 is 5.32 Å². The molecule has 2 atom stereocenters. The summed E-state index contributed by atoms with van der Waals surface area (Å²) in [5.74, 6) is -1.46. The Hall–Kier alpha value is -3.15. The first-order chi connectivity index (χ1) is 13.5. The van der Waals surface area contributed by atoms with Gasteiger partial charge in [0.1, 0.15) is 6.54 Å². The van der Waals surface area contributed by atoms with Crippen molar-refractivity contribution in [2.45, 2.75) is 26.7 Å². The molecule has 1 N–H and O–H groups in total. The number of nitrogens with one attached hydrogen (secondary N) is 1. The molecule has 0 unspecified atom stereocenters. The van der Waals surface area contributed by atoms with Crippen LogP contribution in [0, 0.1) is 25.7 Å². The fourth-order valence-corrected chi connectivity index (χ4v) is 4.17. The summed E-state index contributed by atoms with van der Waals surface area (Å²) in [6.07, 6.45) is 5.02. The summed E-state index contributed by atoms with van der Waals surface area (Å²) < 4.78 is 2.10. The Morgan fingerprint density at radius 2 is 1.61 bits per heavy atom. The van der Waals surface area contributed by atoms with Gasteiger partial charge in [-0.1, -0.05) is 18.2 Å². The highest BCUT2D eigenvalue weighted by molar-refractivity contribution is 6.08. The molecule has 144 valence electrons. The van der Waals surface area contributed by atoms with Crippen LogP contribution in [-0.4, -0.2) is 33.7 Å². The number of benzene rings is 1. The number of aryl methyl sites for hydroxylation is 2. The summed E-state index contributed by atoms with van der Waals surface area (Å²) >= 11 is 0. The Bertz CT molecular complexity index is 943. The normalized spacial score (nSPS) is 21.1. The van der Waals surface area contributed by atoms with Crippen molar-refractivity contribution >= 4 is 23.4 Å². The Labute approximate surface area is 163 Å². The second kappa shape index (κ2) is 7.11. The summed E-state index contributed by atoms with van der Waals surface area (Å²) in [4.78, 5) is 38.7.